The highest BCUT2D eigenvalue weighted by Gasteiger charge is 2.23. The van der Waals surface area contributed by atoms with Gasteiger partial charge in [0.2, 0.25) is 15.9 Å². The van der Waals surface area contributed by atoms with Gasteiger partial charge in [-0.2, -0.15) is 0 Å². The minimum absolute atomic E-state index is 0.0187. The summed E-state index contributed by atoms with van der Waals surface area (Å²) in [5, 5.41) is 2.64. The predicted molar refractivity (Wildman–Crippen MR) is 109 cm³/mol. The Morgan fingerprint density at radius 2 is 1.86 bits per heavy atom. The molecule has 0 heterocycles. The molecule has 0 aliphatic rings. The number of benzene rings is 2. The number of amides is 1. The predicted octanol–water partition coefficient (Wildman–Crippen LogP) is 2.70. The molecule has 0 aliphatic heterocycles. The Kier molecular flexibility index (Phi) is 7.44. The van der Waals surface area contributed by atoms with E-state index in [4.69, 9.17) is 9.47 Å². The van der Waals surface area contributed by atoms with Crippen molar-refractivity contribution < 1.29 is 27.1 Å². The number of halogens is 1. The molecule has 0 radical (unpaired) electrons. The van der Waals surface area contributed by atoms with Gasteiger partial charge in [-0.05, 0) is 43.7 Å². The Morgan fingerprint density at radius 3 is 2.45 bits per heavy atom. The third-order valence-corrected chi connectivity index (χ3v) is 5.02. The molecule has 0 saturated carbocycles. The average molecular weight is 424 g/mol. The number of carbonyl (C=O) groups excluding carboxylic acids is 1. The highest BCUT2D eigenvalue weighted by Crippen LogP contribution is 2.29. The van der Waals surface area contributed by atoms with Crippen LogP contribution in [0, 0.1) is 5.82 Å². The molecule has 1 N–H and O–H groups in total. The molecule has 7 nitrogen and oxygen atoms in total. The maximum Gasteiger partial charge on any atom is 0.241 e. The van der Waals surface area contributed by atoms with E-state index in [-0.39, 0.29) is 18.3 Å². The quantitative estimate of drug-likeness (QED) is 0.669. The van der Waals surface area contributed by atoms with E-state index in [9.17, 15) is 17.6 Å². The zero-order valence-corrected chi connectivity index (χ0v) is 17.6. The first kappa shape index (κ1) is 22.5. The molecule has 2 aromatic carbocycles. The smallest absolute Gasteiger partial charge is 0.241 e. The minimum atomic E-state index is -3.85. The first-order valence-electron chi connectivity index (χ1n) is 8.94. The highest BCUT2D eigenvalue weighted by molar-refractivity contribution is 7.92. The van der Waals surface area contributed by atoms with Crippen LogP contribution >= 0.6 is 0 Å². The van der Waals surface area contributed by atoms with E-state index >= 15 is 0 Å². The minimum Gasteiger partial charge on any atom is -0.493 e. The number of para-hydroxylation sites is 1. The van der Waals surface area contributed by atoms with E-state index in [1.54, 1.807) is 18.2 Å². The maximum absolute atomic E-state index is 14.0. The van der Waals surface area contributed by atoms with Crippen LogP contribution in [0.5, 0.6) is 11.5 Å². The van der Waals surface area contributed by atoms with E-state index in [2.05, 4.69) is 5.32 Å². The number of hydrogen-bond acceptors (Lipinski definition) is 5. The van der Waals surface area contributed by atoms with Crippen molar-refractivity contribution in [1.29, 1.82) is 0 Å². The number of hydrogen-bond donors (Lipinski definition) is 1. The number of nitrogens with one attached hydrogen (secondary N) is 1. The summed E-state index contributed by atoms with van der Waals surface area (Å²) in [5.41, 5.74) is 0.560. The lowest BCUT2D eigenvalue weighted by molar-refractivity contribution is -0.119. The molecule has 158 valence electrons. The number of anilines is 1. The van der Waals surface area contributed by atoms with Crippen LogP contribution in [0.25, 0.3) is 0 Å². The zero-order valence-electron chi connectivity index (χ0n) is 16.8. The molecule has 0 unspecified atom stereocenters. The molecule has 1 amide bonds. The van der Waals surface area contributed by atoms with Gasteiger partial charge in [-0.1, -0.05) is 18.2 Å². The normalized spacial score (nSPS) is 11.2. The lowest BCUT2D eigenvalue weighted by Gasteiger charge is -2.22. The fraction of sp³-hybridized carbons (Fsp3) is 0.350. The Hall–Kier alpha value is -2.81. The lowest BCUT2D eigenvalue weighted by atomic mass is 10.2. The second kappa shape index (κ2) is 9.60. The molecule has 0 saturated heterocycles. The van der Waals surface area contributed by atoms with Gasteiger partial charge < -0.3 is 14.8 Å². The summed E-state index contributed by atoms with van der Waals surface area (Å²) in [7, 11) is -2.33. The molecule has 2 rings (SSSR count). The molecule has 9 heteroatoms. The van der Waals surface area contributed by atoms with Crippen molar-refractivity contribution in [2.75, 3.05) is 24.2 Å². The summed E-state index contributed by atoms with van der Waals surface area (Å²) in [4.78, 5) is 12.3. The molecule has 2 aromatic rings. The van der Waals surface area contributed by atoms with Crippen LogP contribution in [0.1, 0.15) is 19.4 Å². The van der Waals surface area contributed by atoms with Gasteiger partial charge in [-0.15, -0.1) is 0 Å². The summed E-state index contributed by atoms with van der Waals surface area (Å²) < 4.78 is 49.8. The van der Waals surface area contributed by atoms with Crippen molar-refractivity contribution in [2.24, 2.45) is 0 Å². The van der Waals surface area contributed by atoms with E-state index in [1.165, 1.54) is 25.3 Å². The van der Waals surface area contributed by atoms with E-state index in [1.807, 2.05) is 13.8 Å². The van der Waals surface area contributed by atoms with Crippen LogP contribution in [-0.4, -0.2) is 40.3 Å². The summed E-state index contributed by atoms with van der Waals surface area (Å²) in [6, 6.07) is 10.6. The lowest BCUT2D eigenvalue weighted by Crippen LogP contribution is -2.40. The van der Waals surface area contributed by atoms with Crippen molar-refractivity contribution in [1.82, 2.24) is 5.32 Å². The van der Waals surface area contributed by atoms with Crippen molar-refractivity contribution >= 4 is 21.6 Å². The second-order valence-electron chi connectivity index (χ2n) is 6.65. The number of rotatable bonds is 9. The van der Waals surface area contributed by atoms with E-state index in [0.717, 1.165) is 22.2 Å². The van der Waals surface area contributed by atoms with Crippen LogP contribution in [0.15, 0.2) is 42.5 Å². The second-order valence-corrected chi connectivity index (χ2v) is 8.56. The first-order chi connectivity index (χ1) is 13.6. The average Bonchev–Trinajstić information content (AvgIpc) is 2.64. The van der Waals surface area contributed by atoms with Crippen molar-refractivity contribution in [3.05, 3.63) is 53.8 Å². The summed E-state index contributed by atoms with van der Waals surface area (Å²) in [6.45, 7) is 3.41. The Morgan fingerprint density at radius 1 is 1.17 bits per heavy atom. The van der Waals surface area contributed by atoms with Gasteiger partial charge in [-0.3, -0.25) is 9.10 Å². The first-order valence-corrected chi connectivity index (χ1v) is 10.8. The van der Waals surface area contributed by atoms with Gasteiger partial charge in [0.05, 0.1) is 25.2 Å². The standard InChI is InChI=1S/C20H25FN2O5S/c1-14(2)28-18-10-9-15(11-19(18)27-3)12-22-20(24)13-23(29(4,25)26)17-8-6-5-7-16(17)21/h5-11,14H,12-13H2,1-4H3,(H,22,24). The summed E-state index contributed by atoms with van der Waals surface area (Å²) >= 11 is 0. The van der Waals surface area contributed by atoms with Gasteiger partial charge in [0, 0.05) is 6.54 Å². The third kappa shape index (κ3) is 6.35. The number of methoxy groups -OCH3 is 1. The van der Waals surface area contributed by atoms with Gasteiger partial charge in [-0.25, -0.2) is 12.8 Å². The van der Waals surface area contributed by atoms with Crippen LogP contribution in [0.2, 0.25) is 0 Å². The fourth-order valence-electron chi connectivity index (χ4n) is 2.60. The summed E-state index contributed by atoms with van der Waals surface area (Å²) in [5.74, 6) is -0.189. The maximum atomic E-state index is 14.0. The number of sulfonamides is 1. The largest absolute Gasteiger partial charge is 0.493 e. The van der Waals surface area contributed by atoms with E-state index < -0.39 is 28.3 Å². The van der Waals surface area contributed by atoms with Crippen LogP contribution in [0.4, 0.5) is 10.1 Å². The van der Waals surface area contributed by atoms with Gasteiger partial charge in [0.15, 0.2) is 11.5 Å². The van der Waals surface area contributed by atoms with Crippen molar-refractivity contribution in [2.45, 2.75) is 26.5 Å². The number of nitrogens with zero attached hydrogens (tertiary/aromatic N) is 1. The molecule has 0 bridgehead atoms. The molecule has 29 heavy (non-hydrogen) atoms. The van der Waals surface area contributed by atoms with Crippen LogP contribution in [-0.2, 0) is 21.4 Å². The Bertz CT molecular complexity index is 963. The molecule has 0 aliphatic carbocycles. The molecule has 0 aromatic heterocycles. The fourth-order valence-corrected chi connectivity index (χ4v) is 3.45. The molecule has 0 fully saturated rings. The molecule has 0 atom stereocenters. The monoisotopic (exact) mass is 424 g/mol. The van der Waals surface area contributed by atoms with Crippen molar-refractivity contribution in [3.8, 4) is 11.5 Å². The van der Waals surface area contributed by atoms with Crippen molar-refractivity contribution in [3.63, 3.8) is 0 Å². The highest BCUT2D eigenvalue weighted by atomic mass is 32.2. The van der Waals surface area contributed by atoms with Gasteiger partial charge in [0.1, 0.15) is 12.4 Å². The molecule has 0 spiro atoms. The van der Waals surface area contributed by atoms with Crippen LogP contribution in [0.3, 0.4) is 0 Å². The SMILES string of the molecule is COc1cc(CNC(=O)CN(c2ccccc2F)S(C)(=O)=O)ccc1OC(C)C. The third-order valence-electron chi connectivity index (χ3n) is 3.89. The van der Waals surface area contributed by atoms with E-state index in [0.29, 0.717) is 11.5 Å². The molecular weight excluding hydrogens is 399 g/mol. The topological polar surface area (TPSA) is 84.9 Å². The Balaban J connectivity index is 2.09. The Labute approximate surface area is 170 Å². The number of ether oxygens (including phenoxy) is 2. The van der Waals surface area contributed by atoms with Crippen LogP contribution < -0.4 is 19.1 Å². The zero-order chi connectivity index (χ0) is 21.6. The summed E-state index contributed by atoms with van der Waals surface area (Å²) in [6.07, 6.45) is 0.903. The molecular formula is C20H25FN2O5S. The van der Waals surface area contributed by atoms with Gasteiger partial charge in [0.25, 0.3) is 0 Å². The number of carbonyl (C=O) groups is 1. The van der Waals surface area contributed by atoms with Gasteiger partial charge >= 0.3 is 0 Å².